The number of pyridine rings is 1. The van der Waals surface area contributed by atoms with Crippen LogP contribution in [0.3, 0.4) is 0 Å². The zero-order valence-corrected chi connectivity index (χ0v) is 16.9. The van der Waals surface area contributed by atoms with E-state index in [1.54, 1.807) is 4.90 Å². The first-order chi connectivity index (χ1) is 12.9. The maximum atomic E-state index is 12.7. The summed E-state index contributed by atoms with van der Waals surface area (Å²) >= 11 is 5.64. The van der Waals surface area contributed by atoms with Gasteiger partial charge in [0.1, 0.15) is 16.9 Å². The summed E-state index contributed by atoms with van der Waals surface area (Å²) < 4.78 is 49.4. The fourth-order valence-corrected chi connectivity index (χ4v) is 3.98. The molecule has 1 amide bonds. The van der Waals surface area contributed by atoms with Crippen LogP contribution < -0.4 is 4.74 Å². The van der Waals surface area contributed by atoms with E-state index in [1.165, 1.54) is 6.07 Å². The Balaban J connectivity index is 1.49. The number of amides is 1. The van der Waals surface area contributed by atoms with Crippen LogP contribution in [0.1, 0.15) is 52.0 Å². The first kappa shape index (κ1) is 21.0. The molecule has 0 radical (unpaired) electrons. The molecule has 2 fully saturated rings. The molecule has 1 spiro atoms. The first-order valence-corrected chi connectivity index (χ1v) is 9.63. The molecule has 0 atom stereocenters. The second-order valence-corrected chi connectivity index (χ2v) is 9.00. The molecule has 1 aromatic heterocycles. The maximum absolute atomic E-state index is 12.7. The third kappa shape index (κ3) is 4.82. The highest BCUT2D eigenvalue weighted by Gasteiger charge is 2.48. The molecule has 28 heavy (non-hydrogen) atoms. The smallest absolute Gasteiger partial charge is 0.419 e. The Bertz CT molecular complexity index is 733. The topological polar surface area (TPSA) is 51.7 Å². The molecule has 0 unspecified atom stereocenters. The van der Waals surface area contributed by atoms with Gasteiger partial charge >= 0.3 is 12.3 Å². The number of hydrogen-bond donors (Lipinski definition) is 0. The van der Waals surface area contributed by atoms with Crippen molar-refractivity contribution in [1.82, 2.24) is 9.88 Å². The number of alkyl halides is 3. The highest BCUT2D eigenvalue weighted by Crippen LogP contribution is 2.45. The van der Waals surface area contributed by atoms with E-state index in [4.69, 9.17) is 21.1 Å². The molecule has 2 aliphatic rings. The number of hydrogen-bond acceptors (Lipinski definition) is 4. The average molecular weight is 421 g/mol. The lowest BCUT2D eigenvalue weighted by Crippen LogP contribution is -2.60. The zero-order chi connectivity index (χ0) is 20.7. The molecule has 1 aromatic rings. The van der Waals surface area contributed by atoms with Crippen molar-refractivity contribution in [3.63, 3.8) is 0 Å². The first-order valence-electron chi connectivity index (χ1n) is 9.25. The van der Waals surface area contributed by atoms with Crippen molar-refractivity contribution in [2.45, 2.75) is 64.3 Å². The van der Waals surface area contributed by atoms with Gasteiger partial charge in [0.15, 0.2) is 0 Å². The molecule has 1 saturated carbocycles. The predicted molar refractivity (Wildman–Crippen MR) is 97.4 cm³/mol. The van der Waals surface area contributed by atoms with E-state index < -0.39 is 22.5 Å². The molecule has 1 aliphatic heterocycles. The van der Waals surface area contributed by atoms with Gasteiger partial charge in [-0.3, -0.25) is 0 Å². The minimum absolute atomic E-state index is 0.0853. The molecule has 5 nitrogen and oxygen atoms in total. The third-order valence-electron chi connectivity index (χ3n) is 5.11. The molecule has 2 heterocycles. The minimum atomic E-state index is -4.54. The Labute approximate surface area is 167 Å². The number of carbonyl (C=O) groups is 1. The van der Waals surface area contributed by atoms with E-state index in [-0.39, 0.29) is 23.5 Å². The molecule has 9 heteroatoms. The number of likely N-dealkylation sites (tertiary alicyclic amines) is 1. The van der Waals surface area contributed by atoms with Crippen LogP contribution >= 0.6 is 11.6 Å². The van der Waals surface area contributed by atoms with Crippen molar-refractivity contribution in [1.29, 1.82) is 0 Å². The summed E-state index contributed by atoms with van der Waals surface area (Å²) in [6.45, 7) is 6.84. The number of carbonyl (C=O) groups excluding carboxylic acids is 1. The van der Waals surface area contributed by atoms with Gasteiger partial charge in [0.25, 0.3) is 0 Å². The zero-order valence-electron chi connectivity index (χ0n) is 16.1. The summed E-state index contributed by atoms with van der Waals surface area (Å²) in [4.78, 5) is 17.5. The molecular formula is C19H24ClF3N2O3. The van der Waals surface area contributed by atoms with Crippen LogP contribution in [0.15, 0.2) is 12.1 Å². The molecule has 3 rings (SSSR count). The lowest BCUT2D eigenvalue weighted by atomic mass is 9.68. The Hall–Kier alpha value is -1.70. The van der Waals surface area contributed by atoms with Crippen molar-refractivity contribution >= 4 is 17.7 Å². The second kappa shape index (κ2) is 7.28. The Kier molecular flexibility index (Phi) is 5.47. The van der Waals surface area contributed by atoms with Crippen LogP contribution in [-0.4, -0.2) is 40.8 Å². The van der Waals surface area contributed by atoms with E-state index >= 15 is 0 Å². The Morgan fingerprint density at radius 1 is 1.21 bits per heavy atom. The van der Waals surface area contributed by atoms with E-state index in [1.807, 2.05) is 20.8 Å². The third-order valence-corrected chi connectivity index (χ3v) is 5.40. The lowest BCUT2D eigenvalue weighted by molar-refractivity contribution is -0.137. The van der Waals surface area contributed by atoms with Crippen molar-refractivity contribution in [3.05, 3.63) is 22.8 Å². The molecule has 156 valence electrons. The minimum Gasteiger partial charge on any atom is -0.474 e. The van der Waals surface area contributed by atoms with Gasteiger partial charge in [0.05, 0.1) is 5.56 Å². The van der Waals surface area contributed by atoms with Gasteiger partial charge in [-0.25, -0.2) is 9.78 Å². The highest BCUT2D eigenvalue weighted by molar-refractivity contribution is 6.30. The summed E-state index contributed by atoms with van der Waals surface area (Å²) in [6, 6.07) is 2.09. The Morgan fingerprint density at radius 3 is 2.32 bits per heavy atom. The summed E-state index contributed by atoms with van der Waals surface area (Å²) in [7, 11) is 0. The van der Waals surface area contributed by atoms with Gasteiger partial charge in [-0.2, -0.15) is 13.2 Å². The summed E-state index contributed by atoms with van der Waals surface area (Å²) in [5.41, 5.74) is -1.40. The van der Waals surface area contributed by atoms with Crippen LogP contribution in [0, 0.1) is 5.41 Å². The van der Waals surface area contributed by atoms with Crippen LogP contribution in [0.4, 0.5) is 18.0 Å². The highest BCUT2D eigenvalue weighted by atomic mass is 35.5. The average Bonchev–Trinajstić information content (AvgIpc) is 2.50. The van der Waals surface area contributed by atoms with Crippen LogP contribution in [-0.2, 0) is 10.9 Å². The Morgan fingerprint density at radius 2 is 1.82 bits per heavy atom. The summed E-state index contributed by atoms with van der Waals surface area (Å²) in [5.74, 6) is 0.0999. The SMILES string of the molecule is CC(C)(C)OC(=O)N1CC2(CCC(Oc3ccc(C(F)(F)F)c(Cl)n3)CC2)C1. The second-order valence-electron chi connectivity index (χ2n) is 8.64. The van der Waals surface area contributed by atoms with Crippen molar-refractivity contribution in [3.8, 4) is 5.88 Å². The molecule has 0 aromatic carbocycles. The molecule has 0 N–H and O–H groups in total. The quantitative estimate of drug-likeness (QED) is 0.608. The van der Waals surface area contributed by atoms with Gasteiger partial charge < -0.3 is 14.4 Å². The molecule has 0 bridgehead atoms. The fourth-order valence-electron chi connectivity index (χ4n) is 3.72. The summed E-state index contributed by atoms with van der Waals surface area (Å²) in [6.07, 6.45) is -1.69. The lowest BCUT2D eigenvalue weighted by Gasteiger charge is -2.52. The number of halogens is 4. The van der Waals surface area contributed by atoms with Gasteiger partial charge in [-0.05, 0) is 52.5 Å². The number of nitrogens with zero attached hydrogens (tertiary/aromatic N) is 2. The van der Waals surface area contributed by atoms with Crippen LogP contribution in [0.25, 0.3) is 0 Å². The molecule has 1 saturated heterocycles. The van der Waals surface area contributed by atoms with Crippen molar-refractivity contribution in [2.24, 2.45) is 5.41 Å². The maximum Gasteiger partial charge on any atom is 0.419 e. The monoisotopic (exact) mass is 420 g/mol. The van der Waals surface area contributed by atoms with Gasteiger partial charge in [0.2, 0.25) is 5.88 Å². The van der Waals surface area contributed by atoms with E-state index in [0.717, 1.165) is 31.7 Å². The van der Waals surface area contributed by atoms with Gasteiger partial charge in [-0.1, -0.05) is 11.6 Å². The van der Waals surface area contributed by atoms with Gasteiger partial charge in [0, 0.05) is 24.6 Å². The molecule has 1 aliphatic carbocycles. The standard InChI is InChI=1S/C19H24ClF3N2O3/c1-17(2,3)28-16(26)25-10-18(11-25)8-6-12(7-9-18)27-14-5-4-13(15(20)24-14)19(21,22)23/h4-5,12H,6-11H2,1-3H3. The normalized spacial score (nSPS) is 20.0. The predicted octanol–water partition coefficient (Wildman–Crippen LogP) is 5.31. The van der Waals surface area contributed by atoms with Crippen LogP contribution in [0.2, 0.25) is 5.15 Å². The van der Waals surface area contributed by atoms with Crippen molar-refractivity contribution < 1.29 is 27.4 Å². The van der Waals surface area contributed by atoms with E-state index in [2.05, 4.69) is 4.98 Å². The summed E-state index contributed by atoms with van der Waals surface area (Å²) in [5, 5.41) is -0.607. The van der Waals surface area contributed by atoms with Crippen LogP contribution in [0.5, 0.6) is 5.88 Å². The number of aromatic nitrogens is 1. The van der Waals surface area contributed by atoms with E-state index in [0.29, 0.717) is 13.1 Å². The van der Waals surface area contributed by atoms with E-state index in [9.17, 15) is 18.0 Å². The number of rotatable bonds is 2. The largest absolute Gasteiger partial charge is 0.474 e. The molecular weight excluding hydrogens is 397 g/mol. The number of ether oxygens (including phenoxy) is 2. The van der Waals surface area contributed by atoms with Gasteiger partial charge in [-0.15, -0.1) is 0 Å². The van der Waals surface area contributed by atoms with Crippen molar-refractivity contribution in [2.75, 3.05) is 13.1 Å². The fraction of sp³-hybridized carbons (Fsp3) is 0.684.